The molecule has 6 nitrogen and oxygen atoms in total. The highest BCUT2D eigenvalue weighted by Crippen LogP contribution is 2.37. The number of carbonyl (C=O) groups is 1. The third kappa shape index (κ3) is 4.19. The average Bonchev–Trinajstić information content (AvgIpc) is 2.70. The van der Waals surface area contributed by atoms with E-state index < -0.39 is 12.0 Å². The number of rotatable bonds is 5. The van der Waals surface area contributed by atoms with Gasteiger partial charge in [0.05, 0.1) is 20.3 Å². The highest BCUT2D eigenvalue weighted by Gasteiger charge is 2.38. The Morgan fingerprint density at radius 1 is 1.17 bits per heavy atom. The van der Waals surface area contributed by atoms with Gasteiger partial charge < -0.3 is 25.4 Å². The Morgan fingerprint density at radius 2 is 1.93 bits per heavy atom. The Labute approximate surface area is 176 Å². The van der Waals surface area contributed by atoms with E-state index >= 15 is 0 Å². The van der Waals surface area contributed by atoms with Crippen LogP contribution in [-0.4, -0.2) is 25.2 Å². The van der Waals surface area contributed by atoms with Gasteiger partial charge in [0.1, 0.15) is 17.4 Å². The monoisotopic (exact) mass is 411 g/mol. The number of aryl methyl sites for hydroxylation is 1. The third-order valence-electron chi connectivity index (χ3n) is 5.19. The Bertz CT molecular complexity index is 974. The topological polar surface area (TPSA) is 71.6 Å². The van der Waals surface area contributed by atoms with Crippen LogP contribution in [0.1, 0.15) is 22.7 Å². The molecule has 7 heteroatoms. The molecular weight excluding hydrogens is 386 g/mol. The van der Waals surface area contributed by atoms with Gasteiger partial charge in [0.25, 0.3) is 0 Å². The molecule has 0 aliphatic carbocycles. The van der Waals surface area contributed by atoms with Crippen molar-refractivity contribution in [2.45, 2.75) is 19.9 Å². The Balaban J connectivity index is 1.98. The molecule has 0 radical (unpaired) electrons. The van der Waals surface area contributed by atoms with Crippen molar-refractivity contribution in [3.05, 3.63) is 65.4 Å². The fourth-order valence-electron chi connectivity index (χ4n) is 3.42. The molecule has 1 amide bonds. The molecule has 2 atom stereocenters. The van der Waals surface area contributed by atoms with Crippen LogP contribution in [0.5, 0.6) is 11.5 Å². The minimum absolute atomic E-state index is 0.186. The lowest BCUT2D eigenvalue weighted by Gasteiger charge is -2.36. The Kier molecular flexibility index (Phi) is 6.08. The molecule has 0 unspecified atom stereocenters. The molecule has 0 saturated carbocycles. The molecule has 2 aromatic rings. The molecule has 0 spiro atoms. The predicted molar refractivity (Wildman–Crippen MR) is 118 cm³/mol. The maximum absolute atomic E-state index is 13.3. The minimum Gasteiger partial charge on any atom is -0.497 e. The number of nitrogens with one attached hydrogen (secondary N) is 3. The maximum Gasteiger partial charge on any atom is 0.235 e. The van der Waals surface area contributed by atoms with E-state index in [0.29, 0.717) is 22.3 Å². The molecule has 29 heavy (non-hydrogen) atoms. The molecule has 1 fully saturated rings. The van der Waals surface area contributed by atoms with Crippen molar-refractivity contribution >= 4 is 28.9 Å². The average molecular weight is 412 g/mol. The second-order valence-electron chi connectivity index (χ2n) is 6.92. The summed E-state index contributed by atoms with van der Waals surface area (Å²) in [6.07, 6.45) is 0. The third-order valence-corrected chi connectivity index (χ3v) is 5.41. The molecule has 3 N–H and O–H groups in total. The van der Waals surface area contributed by atoms with Crippen molar-refractivity contribution in [2.75, 3.05) is 19.5 Å². The van der Waals surface area contributed by atoms with Crippen LogP contribution >= 0.6 is 12.2 Å². The molecule has 0 aromatic heterocycles. The summed E-state index contributed by atoms with van der Waals surface area (Å²) in [7, 11) is 3.17. The molecule has 1 aliphatic rings. The lowest BCUT2D eigenvalue weighted by Crippen LogP contribution is -2.51. The lowest BCUT2D eigenvalue weighted by molar-refractivity contribution is -0.119. The summed E-state index contributed by atoms with van der Waals surface area (Å²) in [5, 5.41) is 9.63. The summed E-state index contributed by atoms with van der Waals surface area (Å²) < 4.78 is 10.8. The van der Waals surface area contributed by atoms with Crippen molar-refractivity contribution in [1.82, 2.24) is 10.6 Å². The van der Waals surface area contributed by atoms with Crippen molar-refractivity contribution in [3.63, 3.8) is 0 Å². The zero-order chi connectivity index (χ0) is 21.1. The summed E-state index contributed by atoms with van der Waals surface area (Å²) in [5.74, 6) is 0.471. The standard InChI is InChI=1S/C22H25N3O3S/c1-12-7-6-8-17(13(12)2)24-21(26)19-14(3)23-22(29)25-20(19)16-10-9-15(27-4)11-18(16)28-5/h6-11,19-20H,3H2,1-2,4-5H3,(H,24,26)(H2,23,25,29)/t19-,20+/m1/s1. The summed E-state index contributed by atoms with van der Waals surface area (Å²) in [5.41, 5.74) is 4.23. The summed E-state index contributed by atoms with van der Waals surface area (Å²) in [4.78, 5) is 13.3. The van der Waals surface area contributed by atoms with Gasteiger partial charge in [0.2, 0.25) is 5.91 Å². The molecule has 1 aliphatic heterocycles. The van der Waals surface area contributed by atoms with Gasteiger partial charge in [0, 0.05) is 23.0 Å². The van der Waals surface area contributed by atoms with Crippen LogP contribution in [0.2, 0.25) is 0 Å². The van der Waals surface area contributed by atoms with E-state index in [9.17, 15) is 4.79 Å². The second kappa shape index (κ2) is 8.53. The van der Waals surface area contributed by atoms with Gasteiger partial charge in [-0.2, -0.15) is 0 Å². The van der Waals surface area contributed by atoms with Crippen LogP contribution < -0.4 is 25.4 Å². The smallest absolute Gasteiger partial charge is 0.235 e. The molecular formula is C22H25N3O3S. The summed E-state index contributed by atoms with van der Waals surface area (Å²) in [6, 6.07) is 10.9. The fourth-order valence-corrected chi connectivity index (χ4v) is 3.68. The normalized spacial score (nSPS) is 18.5. The van der Waals surface area contributed by atoms with Gasteiger partial charge in [-0.05, 0) is 55.4 Å². The quantitative estimate of drug-likeness (QED) is 0.653. The molecule has 152 valence electrons. The maximum atomic E-state index is 13.3. The second-order valence-corrected chi connectivity index (χ2v) is 7.33. The van der Waals surface area contributed by atoms with Crippen molar-refractivity contribution in [2.24, 2.45) is 5.92 Å². The van der Waals surface area contributed by atoms with Crippen LogP contribution in [0.15, 0.2) is 48.7 Å². The first-order valence-electron chi connectivity index (χ1n) is 9.21. The molecule has 1 saturated heterocycles. The van der Waals surface area contributed by atoms with Crippen LogP contribution in [0.4, 0.5) is 5.69 Å². The van der Waals surface area contributed by atoms with Gasteiger partial charge >= 0.3 is 0 Å². The van der Waals surface area contributed by atoms with Gasteiger partial charge in [-0.25, -0.2) is 0 Å². The first-order chi connectivity index (χ1) is 13.8. The zero-order valence-electron chi connectivity index (χ0n) is 17.0. The van der Waals surface area contributed by atoms with Crippen molar-refractivity contribution in [1.29, 1.82) is 0 Å². The van der Waals surface area contributed by atoms with E-state index in [2.05, 4.69) is 22.5 Å². The number of carbonyl (C=O) groups excluding carboxylic acids is 1. The fraction of sp³-hybridized carbons (Fsp3) is 0.273. The van der Waals surface area contributed by atoms with E-state index in [-0.39, 0.29) is 5.91 Å². The zero-order valence-corrected chi connectivity index (χ0v) is 17.8. The predicted octanol–water partition coefficient (Wildman–Crippen LogP) is 3.61. The van der Waals surface area contributed by atoms with E-state index in [1.807, 2.05) is 44.2 Å². The first-order valence-corrected chi connectivity index (χ1v) is 9.61. The lowest BCUT2D eigenvalue weighted by atomic mass is 9.87. The number of ether oxygens (including phenoxy) is 2. The number of thiocarbonyl (C=S) groups is 1. The highest BCUT2D eigenvalue weighted by atomic mass is 32.1. The van der Waals surface area contributed by atoms with Gasteiger partial charge in [0.15, 0.2) is 5.11 Å². The van der Waals surface area contributed by atoms with Crippen molar-refractivity contribution in [3.8, 4) is 11.5 Å². The minimum atomic E-state index is -0.607. The summed E-state index contributed by atoms with van der Waals surface area (Å²) in [6.45, 7) is 8.04. The highest BCUT2D eigenvalue weighted by molar-refractivity contribution is 7.80. The van der Waals surface area contributed by atoms with E-state index in [4.69, 9.17) is 21.7 Å². The summed E-state index contributed by atoms with van der Waals surface area (Å²) >= 11 is 5.31. The van der Waals surface area contributed by atoms with Gasteiger partial charge in [-0.3, -0.25) is 4.79 Å². The van der Waals surface area contributed by atoms with Crippen LogP contribution in [0, 0.1) is 19.8 Å². The number of amides is 1. The van der Waals surface area contributed by atoms with Crippen molar-refractivity contribution < 1.29 is 14.3 Å². The van der Waals surface area contributed by atoms with E-state index in [0.717, 1.165) is 22.4 Å². The van der Waals surface area contributed by atoms with E-state index in [1.54, 1.807) is 20.3 Å². The number of hydrogen-bond acceptors (Lipinski definition) is 4. The number of benzene rings is 2. The SMILES string of the molecule is C=C1NC(=S)N[C@@H](c2ccc(OC)cc2OC)[C@@H]1C(=O)Nc1cccc(C)c1C. The Hall–Kier alpha value is -3.06. The van der Waals surface area contributed by atoms with Gasteiger partial charge in [-0.1, -0.05) is 18.7 Å². The van der Waals surface area contributed by atoms with Gasteiger partial charge in [-0.15, -0.1) is 0 Å². The molecule has 3 rings (SSSR count). The Morgan fingerprint density at radius 3 is 2.62 bits per heavy atom. The van der Waals surface area contributed by atoms with Crippen LogP contribution in [-0.2, 0) is 4.79 Å². The van der Waals surface area contributed by atoms with Crippen LogP contribution in [0.3, 0.4) is 0 Å². The molecule has 1 heterocycles. The van der Waals surface area contributed by atoms with E-state index in [1.165, 1.54) is 0 Å². The number of methoxy groups -OCH3 is 2. The molecule has 2 aromatic carbocycles. The van der Waals surface area contributed by atoms with Crippen LogP contribution in [0.25, 0.3) is 0 Å². The largest absolute Gasteiger partial charge is 0.497 e. The number of anilines is 1. The number of hydrogen-bond donors (Lipinski definition) is 3. The molecule has 0 bridgehead atoms. The first kappa shape index (κ1) is 20.7.